The van der Waals surface area contributed by atoms with Gasteiger partial charge in [0.2, 0.25) is 0 Å². The highest BCUT2D eigenvalue weighted by molar-refractivity contribution is 5.80. The number of nitrogens with zero attached hydrogens (tertiary/aromatic N) is 7. The van der Waals surface area contributed by atoms with E-state index in [4.69, 9.17) is 8.83 Å². The van der Waals surface area contributed by atoms with Crippen molar-refractivity contribution >= 4 is 48.2 Å². The third-order valence-corrected chi connectivity index (χ3v) is 4.30. The molecule has 13 nitrogen and oxygen atoms in total. The molecule has 0 spiro atoms. The molecule has 0 saturated heterocycles. The van der Waals surface area contributed by atoms with Crippen LogP contribution in [0, 0.1) is 20.2 Å². The topological polar surface area (TPSA) is 176 Å². The van der Waals surface area contributed by atoms with E-state index in [1.807, 2.05) is 30.3 Å². The Bertz CT molecular complexity index is 1410. The van der Waals surface area contributed by atoms with E-state index in [1.54, 1.807) is 0 Å². The van der Waals surface area contributed by atoms with Gasteiger partial charge in [-0.2, -0.15) is 15.0 Å². The number of benzene rings is 1. The Kier molecular flexibility index (Phi) is 7.21. The number of aliphatic imine (C=N–C) groups is 2. The number of furan rings is 2. The minimum atomic E-state index is -0.628. The fraction of sp³-hybridized carbons (Fsp3) is 0. The number of nitro groups is 2. The van der Waals surface area contributed by atoms with Crippen LogP contribution in [-0.2, 0) is 0 Å². The van der Waals surface area contributed by atoms with Gasteiger partial charge in [0.1, 0.15) is 21.4 Å². The predicted molar refractivity (Wildman–Crippen MR) is 130 cm³/mol. The largest absolute Gasteiger partial charge is 0.433 e. The molecular formula is C23H15N7O6. The van der Waals surface area contributed by atoms with Crippen molar-refractivity contribution in [3.63, 3.8) is 0 Å². The highest BCUT2D eigenvalue weighted by Crippen LogP contribution is 2.21. The molecule has 178 valence electrons. The molecule has 0 N–H and O–H groups in total. The lowest BCUT2D eigenvalue weighted by Crippen LogP contribution is -1.93. The smallest absolute Gasteiger partial charge is 0.401 e. The van der Waals surface area contributed by atoms with Gasteiger partial charge in [-0.15, -0.1) is 0 Å². The van der Waals surface area contributed by atoms with E-state index in [0.29, 0.717) is 5.82 Å². The predicted octanol–water partition coefficient (Wildman–Crippen LogP) is 5.37. The van der Waals surface area contributed by atoms with Crippen molar-refractivity contribution in [2.75, 3.05) is 0 Å². The summed E-state index contributed by atoms with van der Waals surface area (Å²) in [5, 5.41) is 21.4. The van der Waals surface area contributed by atoms with Crippen LogP contribution >= 0.6 is 0 Å². The molecule has 0 amide bonds. The van der Waals surface area contributed by atoms with Gasteiger partial charge in [0.15, 0.2) is 5.82 Å². The maximum absolute atomic E-state index is 10.7. The molecule has 13 heteroatoms. The summed E-state index contributed by atoms with van der Waals surface area (Å²) in [4.78, 5) is 41.4. The molecule has 0 aliphatic rings. The molecule has 0 atom stereocenters. The molecule has 0 saturated carbocycles. The van der Waals surface area contributed by atoms with Crippen molar-refractivity contribution in [2.45, 2.75) is 0 Å². The van der Waals surface area contributed by atoms with Crippen molar-refractivity contribution in [2.24, 2.45) is 9.98 Å². The van der Waals surface area contributed by atoms with Crippen molar-refractivity contribution in [3.05, 3.63) is 98.5 Å². The molecule has 0 unspecified atom stereocenters. The van der Waals surface area contributed by atoms with E-state index < -0.39 is 9.85 Å². The quantitative estimate of drug-likeness (QED) is 0.171. The highest BCUT2D eigenvalue weighted by atomic mass is 16.7. The van der Waals surface area contributed by atoms with E-state index in [0.717, 1.165) is 5.56 Å². The van der Waals surface area contributed by atoms with Crippen LogP contribution in [0.4, 0.5) is 23.7 Å². The van der Waals surface area contributed by atoms with Crippen molar-refractivity contribution in [3.8, 4) is 11.4 Å². The third kappa shape index (κ3) is 6.26. The summed E-state index contributed by atoms with van der Waals surface area (Å²) in [7, 11) is 0. The molecule has 0 fully saturated rings. The molecule has 36 heavy (non-hydrogen) atoms. The second-order valence-electron chi connectivity index (χ2n) is 6.77. The Balaban J connectivity index is 1.53. The first kappa shape index (κ1) is 23.6. The van der Waals surface area contributed by atoms with Crippen LogP contribution in [0.2, 0.25) is 0 Å². The molecule has 4 aromatic rings. The standard InChI is InChI=1S/C23H15N7O6/c31-29(32)19-12-10-17(35-19)8-4-14-24-22-26-21(16-6-2-1-3-7-16)27-23(28-22)25-15-5-9-18-11-13-20(36-18)30(33)34/h1-15H/b8-4+,9-5+,24-14-,25-15+. The monoisotopic (exact) mass is 485 g/mol. The second-order valence-corrected chi connectivity index (χ2v) is 6.77. The summed E-state index contributed by atoms with van der Waals surface area (Å²) in [6.45, 7) is 0. The SMILES string of the molecule is O=[N+]([O-])c1ccc(/C=C/C=N\c2nc(/N=C/C=C/c3ccc([N+](=O)[O-])o3)nc(-c3ccccc3)n2)o1. The van der Waals surface area contributed by atoms with Gasteiger partial charge in [0.05, 0.1) is 12.1 Å². The number of hydrogen-bond acceptors (Lipinski definition) is 11. The van der Waals surface area contributed by atoms with E-state index in [-0.39, 0.29) is 35.2 Å². The molecule has 3 heterocycles. The number of hydrogen-bond donors (Lipinski definition) is 0. The summed E-state index contributed by atoms with van der Waals surface area (Å²) in [5.74, 6) is 0.354. The van der Waals surface area contributed by atoms with E-state index in [2.05, 4.69) is 24.9 Å². The number of aromatic nitrogens is 3. The molecule has 1 aromatic carbocycles. The van der Waals surface area contributed by atoms with Crippen molar-refractivity contribution < 1.29 is 18.7 Å². The summed E-state index contributed by atoms with van der Waals surface area (Å²) in [5.41, 5.74) is 0.727. The minimum absolute atomic E-state index is 0.0803. The van der Waals surface area contributed by atoms with E-state index >= 15 is 0 Å². The fourth-order valence-electron chi connectivity index (χ4n) is 2.74. The summed E-state index contributed by atoms with van der Waals surface area (Å²) >= 11 is 0. The van der Waals surface area contributed by atoms with Gasteiger partial charge < -0.3 is 8.83 Å². The second kappa shape index (κ2) is 11.0. The average Bonchev–Trinajstić information content (AvgIpc) is 3.55. The third-order valence-electron chi connectivity index (χ3n) is 4.30. The first-order valence-electron chi connectivity index (χ1n) is 10.2. The van der Waals surface area contributed by atoms with Crippen LogP contribution in [0.25, 0.3) is 23.5 Å². The summed E-state index contributed by atoms with van der Waals surface area (Å²) in [6.07, 6.45) is 8.83. The van der Waals surface area contributed by atoms with Gasteiger partial charge in [-0.1, -0.05) is 30.3 Å². The lowest BCUT2D eigenvalue weighted by Gasteiger charge is -2.01. The van der Waals surface area contributed by atoms with Gasteiger partial charge >= 0.3 is 11.8 Å². The van der Waals surface area contributed by atoms with Crippen molar-refractivity contribution in [1.29, 1.82) is 0 Å². The first-order valence-corrected chi connectivity index (χ1v) is 10.2. The maximum atomic E-state index is 10.7. The minimum Gasteiger partial charge on any atom is -0.401 e. The number of allylic oxidation sites excluding steroid dienone is 2. The molecule has 0 aliphatic carbocycles. The molecule has 0 radical (unpaired) electrons. The van der Waals surface area contributed by atoms with E-state index in [1.165, 1.54) is 61.0 Å². The zero-order valence-corrected chi connectivity index (χ0v) is 18.2. The average molecular weight is 485 g/mol. The summed E-state index contributed by atoms with van der Waals surface area (Å²) < 4.78 is 10.1. The van der Waals surface area contributed by atoms with Crippen LogP contribution in [0.1, 0.15) is 11.5 Å². The molecule has 3 aromatic heterocycles. The Morgan fingerprint density at radius 3 is 1.64 bits per heavy atom. The molecular weight excluding hydrogens is 470 g/mol. The lowest BCUT2D eigenvalue weighted by atomic mass is 10.2. The van der Waals surface area contributed by atoms with Gasteiger partial charge in [0, 0.05) is 18.0 Å². The molecule has 4 rings (SSSR count). The van der Waals surface area contributed by atoms with Crippen LogP contribution in [0.5, 0.6) is 0 Å². The van der Waals surface area contributed by atoms with Crippen LogP contribution < -0.4 is 0 Å². The normalized spacial score (nSPS) is 11.9. The molecule has 0 bridgehead atoms. The maximum Gasteiger partial charge on any atom is 0.433 e. The highest BCUT2D eigenvalue weighted by Gasteiger charge is 2.11. The Labute approximate surface area is 202 Å². The van der Waals surface area contributed by atoms with Crippen molar-refractivity contribution in [1.82, 2.24) is 15.0 Å². The Morgan fingerprint density at radius 1 is 0.694 bits per heavy atom. The van der Waals surface area contributed by atoms with Crippen LogP contribution in [0.3, 0.4) is 0 Å². The van der Waals surface area contributed by atoms with Gasteiger partial charge in [-0.25, -0.2) is 9.98 Å². The zero-order valence-electron chi connectivity index (χ0n) is 18.2. The van der Waals surface area contributed by atoms with Gasteiger partial charge in [0.25, 0.3) is 11.9 Å². The number of rotatable bonds is 9. The van der Waals surface area contributed by atoms with Crippen LogP contribution in [-0.4, -0.2) is 37.2 Å². The van der Waals surface area contributed by atoms with Gasteiger partial charge in [-0.3, -0.25) is 20.2 Å². The zero-order chi connectivity index (χ0) is 25.3. The lowest BCUT2D eigenvalue weighted by molar-refractivity contribution is -0.402. The fourth-order valence-corrected chi connectivity index (χ4v) is 2.74. The van der Waals surface area contributed by atoms with Crippen LogP contribution in [0.15, 0.2) is 85.6 Å². The Hall–Kier alpha value is -5.59. The Morgan fingerprint density at radius 2 is 1.19 bits per heavy atom. The first-order chi connectivity index (χ1) is 17.5. The van der Waals surface area contributed by atoms with Gasteiger partial charge in [-0.05, 0) is 36.4 Å². The molecule has 0 aliphatic heterocycles. The van der Waals surface area contributed by atoms with E-state index in [9.17, 15) is 20.2 Å². The summed E-state index contributed by atoms with van der Waals surface area (Å²) in [6, 6.07) is 14.6.